The molecule has 1 N–H and O–H groups in total. The molecule has 0 saturated carbocycles. The Labute approximate surface area is 189 Å². The maximum absolute atomic E-state index is 12.5. The van der Waals surface area contributed by atoms with Gasteiger partial charge in [-0.05, 0) is 42.7 Å². The van der Waals surface area contributed by atoms with Crippen LogP contribution in [0.25, 0.3) is 0 Å². The molecule has 0 aliphatic carbocycles. The molecule has 0 atom stereocenters. The molecule has 6 nitrogen and oxygen atoms in total. The van der Waals surface area contributed by atoms with Crippen LogP contribution in [0.4, 0.5) is 0 Å². The van der Waals surface area contributed by atoms with Crippen molar-refractivity contribution >= 4 is 23.4 Å². The van der Waals surface area contributed by atoms with Gasteiger partial charge in [-0.15, -0.1) is 0 Å². The van der Waals surface area contributed by atoms with E-state index in [1.807, 2.05) is 60.4 Å². The Morgan fingerprint density at radius 1 is 1.06 bits per heavy atom. The summed E-state index contributed by atoms with van der Waals surface area (Å²) in [4.78, 5) is 28.6. The van der Waals surface area contributed by atoms with Crippen LogP contribution in [0.15, 0.2) is 48.5 Å². The van der Waals surface area contributed by atoms with E-state index in [1.54, 1.807) is 0 Å². The molecule has 3 rings (SSSR count). The van der Waals surface area contributed by atoms with Crippen molar-refractivity contribution in [2.24, 2.45) is 0 Å². The highest BCUT2D eigenvalue weighted by atomic mass is 35.5. The van der Waals surface area contributed by atoms with E-state index in [1.165, 1.54) is 0 Å². The van der Waals surface area contributed by atoms with Crippen LogP contribution in [0.1, 0.15) is 24.0 Å². The molecule has 1 fully saturated rings. The molecule has 1 aliphatic rings. The number of nitrogens with one attached hydrogen (secondary N) is 1. The van der Waals surface area contributed by atoms with Gasteiger partial charge in [-0.1, -0.05) is 41.9 Å². The summed E-state index contributed by atoms with van der Waals surface area (Å²) in [6.07, 6.45) is 1.13. The van der Waals surface area contributed by atoms with Gasteiger partial charge in [0.05, 0.1) is 13.2 Å². The lowest BCUT2D eigenvalue weighted by Gasteiger charge is -2.34. The number of nitrogens with zero attached hydrogens (tertiary/aromatic N) is 2. The molecule has 2 aromatic carbocycles. The summed E-state index contributed by atoms with van der Waals surface area (Å²) in [5.41, 5.74) is 2.06. The first-order valence-corrected chi connectivity index (χ1v) is 11.1. The summed E-state index contributed by atoms with van der Waals surface area (Å²) >= 11 is 6.02. The van der Waals surface area contributed by atoms with Gasteiger partial charge in [0.15, 0.2) is 0 Å². The SMILES string of the molecule is Cc1cc(OCCCC(=O)N2CCN(CC(=O)NCc3ccccc3)CC2)ccc1Cl. The monoisotopic (exact) mass is 443 g/mol. The number of hydrogen-bond acceptors (Lipinski definition) is 4. The van der Waals surface area contributed by atoms with Gasteiger partial charge in [-0.25, -0.2) is 0 Å². The summed E-state index contributed by atoms with van der Waals surface area (Å²) in [6, 6.07) is 15.4. The lowest BCUT2D eigenvalue weighted by molar-refractivity contribution is -0.133. The number of piperazine rings is 1. The van der Waals surface area contributed by atoms with E-state index in [0.29, 0.717) is 58.7 Å². The summed E-state index contributed by atoms with van der Waals surface area (Å²) in [6.45, 7) is 6.07. The summed E-state index contributed by atoms with van der Waals surface area (Å²) < 4.78 is 5.71. The quantitative estimate of drug-likeness (QED) is 0.604. The minimum atomic E-state index is 0.0122. The van der Waals surface area contributed by atoms with Crippen molar-refractivity contribution in [3.05, 3.63) is 64.7 Å². The molecule has 2 amide bonds. The van der Waals surface area contributed by atoms with E-state index in [9.17, 15) is 9.59 Å². The number of aryl methyl sites for hydroxylation is 1. The highest BCUT2D eigenvalue weighted by molar-refractivity contribution is 6.31. The van der Waals surface area contributed by atoms with Crippen molar-refractivity contribution in [2.75, 3.05) is 39.3 Å². The Kier molecular flexibility index (Phi) is 8.74. The first-order valence-electron chi connectivity index (χ1n) is 10.7. The minimum Gasteiger partial charge on any atom is -0.494 e. The number of hydrogen-bond donors (Lipinski definition) is 1. The smallest absolute Gasteiger partial charge is 0.234 e. The van der Waals surface area contributed by atoms with Gasteiger partial charge in [-0.2, -0.15) is 0 Å². The highest BCUT2D eigenvalue weighted by Crippen LogP contribution is 2.21. The molecule has 1 heterocycles. The number of halogens is 1. The largest absolute Gasteiger partial charge is 0.494 e. The van der Waals surface area contributed by atoms with Gasteiger partial charge >= 0.3 is 0 Å². The summed E-state index contributed by atoms with van der Waals surface area (Å²) in [7, 11) is 0. The molecule has 0 radical (unpaired) electrons. The molecule has 31 heavy (non-hydrogen) atoms. The lowest BCUT2D eigenvalue weighted by atomic mass is 10.2. The van der Waals surface area contributed by atoms with Crippen LogP contribution in [-0.2, 0) is 16.1 Å². The van der Waals surface area contributed by atoms with Crippen LogP contribution < -0.4 is 10.1 Å². The third kappa shape index (κ3) is 7.56. The fraction of sp³-hybridized carbons (Fsp3) is 0.417. The first-order chi connectivity index (χ1) is 15.0. The van der Waals surface area contributed by atoms with Crippen molar-refractivity contribution < 1.29 is 14.3 Å². The standard InChI is InChI=1S/C24H30ClN3O3/c1-19-16-21(9-10-22(19)25)31-15-5-8-24(30)28-13-11-27(12-14-28)18-23(29)26-17-20-6-3-2-4-7-20/h2-4,6-7,9-10,16H,5,8,11-15,17-18H2,1H3,(H,26,29). The Hall–Kier alpha value is -2.57. The molecule has 166 valence electrons. The molecule has 1 aliphatic heterocycles. The number of amides is 2. The maximum Gasteiger partial charge on any atom is 0.234 e. The van der Waals surface area contributed by atoms with Gasteiger partial charge in [0, 0.05) is 44.2 Å². The molecule has 0 bridgehead atoms. The second kappa shape index (κ2) is 11.7. The Bertz CT molecular complexity index is 868. The normalized spacial score (nSPS) is 14.3. The summed E-state index contributed by atoms with van der Waals surface area (Å²) in [5, 5.41) is 3.67. The molecular weight excluding hydrogens is 414 g/mol. The van der Waals surface area contributed by atoms with E-state index < -0.39 is 0 Å². The predicted molar refractivity (Wildman–Crippen MR) is 122 cm³/mol. The fourth-order valence-corrected chi connectivity index (χ4v) is 3.61. The van der Waals surface area contributed by atoms with Crippen LogP contribution >= 0.6 is 11.6 Å². The third-order valence-corrected chi connectivity index (χ3v) is 5.78. The third-order valence-electron chi connectivity index (χ3n) is 5.36. The summed E-state index contributed by atoms with van der Waals surface area (Å²) in [5.74, 6) is 0.927. The number of benzene rings is 2. The first kappa shape index (κ1) is 23.1. The van der Waals surface area contributed by atoms with Crippen molar-refractivity contribution in [3.63, 3.8) is 0 Å². The lowest BCUT2D eigenvalue weighted by Crippen LogP contribution is -2.51. The van der Waals surface area contributed by atoms with Crippen LogP contribution in [0.5, 0.6) is 5.75 Å². The molecule has 1 saturated heterocycles. The second-order valence-electron chi connectivity index (χ2n) is 7.78. The topological polar surface area (TPSA) is 61.9 Å². The van der Waals surface area contributed by atoms with Gasteiger partial charge in [-0.3, -0.25) is 14.5 Å². The molecule has 2 aromatic rings. The van der Waals surface area contributed by atoms with E-state index in [4.69, 9.17) is 16.3 Å². The average Bonchev–Trinajstić information content (AvgIpc) is 2.78. The number of carbonyl (C=O) groups excluding carboxylic acids is 2. The van der Waals surface area contributed by atoms with E-state index in [-0.39, 0.29) is 11.8 Å². The Morgan fingerprint density at radius 3 is 2.52 bits per heavy atom. The minimum absolute atomic E-state index is 0.0122. The molecule has 0 unspecified atom stereocenters. The zero-order valence-electron chi connectivity index (χ0n) is 18.0. The second-order valence-corrected chi connectivity index (χ2v) is 8.19. The van der Waals surface area contributed by atoms with Crippen molar-refractivity contribution in [3.8, 4) is 5.75 Å². The van der Waals surface area contributed by atoms with Crippen molar-refractivity contribution in [1.29, 1.82) is 0 Å². The van der Waals surface area contributed by atoms with Crippen LogP contribution in [0, 0.1) is 6.92 Å². The maximum atomic E-state index is 12.5. The molecular formula is C24H30ClN3O3. The van der Waals surface area contributed by atoms with E-state index >= 15 is 0 Å². The van der Waals surface area contributed by atoms with E-state index in [2.05, 4.69) is 10.2 Å². The van der Waals surface area contributed by atoms with Gasteiger partial charge in [0.25, 0.3) is 0 Å². The van der Waals surface area contributed by atoms with Crippen LogP contribution in [0.3, 0.4) is 0 Å². The van der Waals surface area contributed by atoms with Crippen LogP contribution in [-0.4, -0.2) is 60.9 Å². The van der Waals surface area contributed by atoms with E-state index in [0.717, 1.165) is 21.9 Å². The Balaban J connectivity index is 1.29. The molecule has 7 heteroatoms. The van der Waals surface area contributed by atoms with Gasteiger partial charge < -0.3 is 15.0 Å². The van der Waals surface area contributed by atoms with Gasteiger partial charge in [0.1, 0.15) is 5.75 Å². The number of ether oxygens (including phenoxy) is 1. The average molecular weight is 444 g/mol. The van der Waals surface area contributed by atoms with Crippen LogP contribution in [0.2, 0.25) is 5.02 Å². The molecule has 0 spiro atoms. The fourth-order valence-electron chi connectivity index (χ4n) is 3.49. The number of carbonyl (C=O) groups is 2. The zero-order valence-corrected chi connectivity index (χ0v) is 18.7. The van der Waals surface area contributed by atoms with Crippen molar-refractivity contribution in [1.82, 2.24) is 15.1 Å². The molecule has 0 aromatic heterocycles. The van der Waals surface area contributed by atoms with Gasteiger partial charge in [0.2, 0.25) is 11.8 Å². The Morgan fingerprint density at radius 2 is 1.81 bits per heavy atom. The number of rotatable bonds is 9. The van der Waals surface area contributed by atoms with Crippen molar-refractivity contribution in [2.45, 2.75) is 26.3 Å². The highest BCUT2D eigenvalue weighted by Gasteiger charge is 2.22. The predicted octanol–water partition coefficient (Wildman–Crippen LogP) is 3.27. The zero-order chi connectivity index (χ0) is 22.1.